The number of nitrogens with zero attached hydrogens (tertiary/aromatic N) is 1. The molecule has 0 spiro atoms. The number of phenolic OH excluding ortho intramolecular Hbond substituents is 2. The van der Waals surface area contributed by atoms with Crippen LogP contribution in [0.2, 0.25) is 10.0 Å². The van der Waals surface area contributed by atoms with Gasteiger partial charge in [-0.2, -0.15) is 0 Å². The number of oxime groups is 1. The number of ketones is 1. The molecule has 4 rings (SSSR count). The van der Waals surface area contributed by atoms with Crippen LogP contribution in [0.1, 0.15) is 52.0 Å². The highest BCUT2D eigenvalue weighted by atomic mass is 35.5. The molecule has 0 aromatic heterocycles. The summed E-state index contributed by atoms with van der Waals surface area (Å²) in [6.07, 6.45) is 1.66. The van der Waals surface area contributed by atoms with Gasteiger partial charge in [0.15, 0.2) is 5.78 Å². The van der Waals surface area contributed by atoms with E-state index in [-0.39, 0.29) is 17.3 Å². The van der Waals surface area contributed by atoms with Crippen molar-refractivity contribution in [2.45, 2.75) is 26.7 Å². The van der Waals surface area contributed by atoms with Crippen molar-refractivity contribution in [2.24, 2.45) is 5.16 Å². The number of carbonyl (C=O) groups is 1. The van der Waals surface area contributed by atoms with Crippen molar-refractivity contribution < 1.29 is 20.2 Å². The van der Waals surface area contributed by atoms with E-state index < -0.39 is 0 Å². The van der Waals surface area contributed by atoms with E-state index in [9.17, 15) is 20.2 Å². The van der Waals surface area contributed by atoms with E-state index in [1.165, 1.54) is 0 Å². The fraction of sp³-hybridized carbons (Fsp3) is 0.133. The SMILES string of the molecule is CCc1ccc(C(=NO)c2ccc(Cl)cc2)c(O)c1.CCc1ccc(C(=O)c2ccc(Cl)cc2)c(O)c1. The average molecular weight is 536 g/mol. The summed E-state index contributed by atoms with van der Waals surface area (Å²) in [6.45, 7) is 4.00. The molecule has 0 aliphatic carbocycles. The van der Waals surface area contributed by atoms with Crippen molar-refractivity contribution in [1.82, 2.24) is 0 Å². The van der Waals surface area contributed by atoms with Gasteiger partial charge in [0, 0.05) is 26.7 Å². The number of halogens is 2. The van der Waals surface area contributed by atoms with E-state index in [4.69, 9.17) is 23.2 Å². The zero-order valence-corrected chi connectivity index (χ0v) is 22.0. The van der Waals surface area contributed by atoms with Gasteiger partial charge in [0.25, 0.3) is 0 Å². The first-order valence-electron chi connectivity index (χ1n) is 11.7. The molecular formula is C30H27Cl2NO4. The summed E-state index contributed by atoms with van der Waals surface area (Å²) < 4.78 is 0. The van der Waals surface area contributed by atoms with Crippen LogP contribution in [0, 0.1) is 0 Å². The zero-order chi connectivity index (χ0) is 26.9. The number of rotatable bonds is 6. The summed E-state index contributed by atoms with van der Waals surface area (Å²) in [7, 11) is 0. The predicted molar refractivity (Wildman–Crippen MR) is 149 cm³/mol. The molecule has 7 heteroatoms. The van der Waals surface area contributed by atoms with E-state index in [1.807, 2.05) is 26.0 Å². The third-order valence-electron chi connectivity index (χ3n) is 5.76. The molecule has 0 fully saturated rings. The van der Waals surface area contributed by atoms with E-state index in [0.717, 1.165) is 24.0 Å². The average Bonchev–Trinajstić information content (AvgIpc) is 2.91. The molecule has 190 valence electrons. The maximum Gasteiger partial charge on any atom is 0.196 e. The van der Waals surface area contributed by atoms with Crippen LogP contribution in [0.4, 0.5) is 0 Å². The lowest BCUT2D eigenvalue weighted by atomic mass is 9.99. The van der Waals surface area contributed by atoms with Crippen molar-refractivity contribution >= 4 is 34.7 Å². The molecule has 0 aliphatic heterocycles. The Labute approximate surface area is 226 Å². The number of phenols is 2. The van der Waals surface area contributed by atoms with Crippen LogP contribution in [0.15, 0.2) is 90.1 Å². The Kier molecular flexibility index (Phi) is 9.72. The highest BCUT2D eigenvalue weighted by Gasteiger charge is 2.14. The van der Waals surface area contributed by atoms with Crippen molar-refractivity contribution in [3.8, 4) is 11.5 Å². The van der Waals surface area contributed by atoms with Gasteiger partial charge in [-0.25, -0.2) is 0 Å². The lowest BCUT2D eigenvalue weighted by Gasteiger charge is -2.08. The van der Waals surface area contributed by atoms with Gasteiger partial charge >= 0.3 is 0 Å². The number of benzene rings is 4. The molecule has 0 heterocycles. The molecule has 0 bridgehead atoms. The number of hydrogen-bond donors (Lipinski definition) is 3. The fourth-order valence-corrected chi connectivity index (χ4v) is 3.87. The first-order chi connectivity index (χ1) is 17.8. The molecule has 3 N–H and O–H groups in total. The predicted octanol–water partition coefficient (Wildman–Crippen LogP) is 7.67. The van der Waals surface area contributed by atoms with Gasteiger partial charge in [-0.3, -0.25) is 4.79 Å². The van der Waals surface area contributed by atoms with Crippen molar-refractivity contribution in [2.75, 3.05) is 0 Å². The van der Waals surface area contributed by atoms with Gasteiger partial charge in [0.05, 0.1) is 5.56 Å². The summed E-state index contributed by atoms with van der Waals surface area (Å²) >= 11 is 11.6. The van der Waals surface area contributed by atoms with Crippen LogP contribution in [-0.2, 0) is 12.8 Å². The Bertz CT molecular complexity index is 1400. The Hall–Kier alpha value is -3.80. The second-order valence-electron chi connectivity index (χ2n) is 8.20. The van der Waals surface area contributed by atoms with Gasteiger partial charge in [0.2, 0.25) is 0 Å². The minimum absolute atomic E-state index is 0.0225. The third-order valence-corrected chi connectivity index (χ3v) is 6.27. The first kappa shape index (κ1) is 27.8. The summed E-state index contributed by atoms with van der Waals surface area (Å²) in [5.74, 6) is -0.0804. The Morgan fingerprint density at radius 3 is 1.51 bits per heavy atom. The van der Waals surface area contributed by atoms with E-state index in [0.29, 0.717) is 38.0 Å². The van der Waals surface area contributed by atoms with Crippen molar-refractivity contribution in [3.05, 3.63) is 128 Å². The van der Waals surface area contributed by atoms with Gasteiger partial charge in [-0.1, -0.05) is 66.5 Å². The minimum Gasteiger partial charge on any atom is -0.507 e. The summed E-state index contributed by atoms with van der Waals surface area (Å²) in [5.41, 5.74) is 4.34. The van der Waals surface area contributed by atoms with Crippen LogP contribution in [0.3, 0.4) is 0 Å². The molecule has 0 unspecified atom stereocenters. The zero-order valence-electron chi connectivity index (χ0n) is 20.5. The lowest BCUT2D eigenvalue weighted by molar-refractivity contribution is 0.103. The number of carbonyl (C=O) groups excluding carboxylic acids is 1. The van der Waals surface area contributed by atoms with Gasteiger partial charge in [-0.05, 0) is 84.6 Å². The highest BCUT2D eigenvalue weighted by molar-refractivity contribution is 6.31. The molecule has 0 saturated carbocycles. The third kappa shape index (κ3) is 7.13. The molecule has 0 atom stereocenters. The van der Waals surface area contributed by atoms with Crippen LogP contribution in [-0.4, -0.2) is 26.9 Å². The molecule has 0 radical (unpaired) electrons. The topological polar surface area (TPSA) is 90.1 Å². The standard InChI is InChI=1S/C15H14ClNO2.C15H13ClO2/c1-2-10-3-8-13(14(18)9-10)15(17-19)11-4-6-12(16)7-5-11;1-2-10-3-8-13(14(17)9-10)15(18)11-4-6-12(16)7-5-11/h3-9,18-19H,2H2,1H3;3-9,17H,2H2,1H3. The molecule has 37 heavy (non-hydrogen) atoms. The quantitative estimate of drug-likeness (QED) is 0.102. The lowest BCUT2D eigenvalue weighted by Crippen LogP contribution is -2.04. The molecule has 4 aromatic carbocycles. The maximum absolute atomic E-state index is 12.2. The van der Waals surface area contributed by atoms with Gasteiger partial charge < -0.3 is 15.4 Å². The summed E-state index contributed by atoms with van der Waals surface area (Å²) in [5, 5.41) is 33.6. The van der Waals surface area contributed by atoms with Gasteiger partial charge in [-0.15, -0.1) is 0 Å². The number of aromatic hydroxyl groups is 2. The molecule has 0 aliphatic rings. The molecule has 0 amide bonds. The monoisotopic (exact) mass is 535 g/mol. The van der Waals surface area contributed by atoms with E-state index >= 15 is 0 Å². The maximum atomic E-state index is 12.2. The second kappa shape index (κ2) is 12.9. The Morgan fingerprint density at radius 1 is 0.676 bits per heavy atom. The first-order valence-corrected chi connectivity index (χ1v) is 12.4. The normalized spacial score (nSPS) is 11.0. The van der Waals surface area contributed by atoms with Crippen LogP contribution in [0.25, 0.3) is 0 Å². The molecule has 0 saturated heterocycles. The fourth-order valence-electron chi connectivity index (χ4n) is 3.62. The molecule has 4 aromatic rings. The van der Waals surface area contributed by atoms with Crippen LogP contribution >= 0.6 is 23.2 Å². The van der Waals surface area contributed by atoms with Crippen molar-refractivity contribution in [1.29, 1.82) is 0 Å². The minimum atomic E-state index is -0.202. The summed E-state index contributed by atoms with van der Waals surface area (Å²) in [4.78, 5) is 12.2. The van der Waals surface area contributed by atoms with E-state index in [2.05, 4.69) is 5.16 Å². The molecule has 5 nitrogen and oxygen atoms in total. The number of hydrogen-bond acceptors (Lipinski definition) is 5. The van der Waals surface area contributed by atoms with Crippen LogP contribution < -0.4 is 0 Å². The highest BCUT2D eigenvalue weighted by Crippen LogP contribution is 2.25. The second-order valence-corrected chi connectivity index (χ2v) is 9.07. The largest absolute Gasteiger partial charge is 0.507 e. The van der Waals surface area contributed by atoms with Gasteiger partial charge in [0.1, 0.15) is 17.2 Å². The Morgan fingerprint density at radius 2 is 1.11 bits per heavy atom. The van der Waals surface area contributed by atoms with Crippen LogP contribution in [0.5, 0.6) is 11.5 Å². The smallest absolute Gasteiger partial charge is 0.196 e. The number of aryl methyl sites for hydroxylation is 2. The summed E-state index contributed by atoms with van der Waals surface area (Å²) in [6, 6.07) is 24.0. The van der Waals surface area contributed by atoms with Crippen molar-refractivity contribution in [3.63, 3.8) is 0 Å². The van der Waals surface area contributed by atoms with E-state index in [1.54, 1.807) is 72.8 Å². The molecular weight excluding hydrogens is 509 g/mol. The Balaban J connectivity index is 0.000000206.